The molecule has 0 spiro atoms. The molecule has 1 N–H and O–H groups in total. The SMILES string of the molecule is CN(CC(=O)c1ccccc1)C(C)(C)CO. The van der Waals surface area contributed by atoms with Gasteiger partial charge in [0, 0.05) is 11.1 Å². The maximum atomic E-state index is 11.9. The normalized spacial score (nSPS) is 11.8. The highest BCUT2D eigenvalue weighted by molar-refractivity contribution is 5.97. The van der Waals surface area contributed by atoms with Crippen molar-refractivity contribution in [1.29, 1.82) is 0 Å². The zero-order valence-corrected chi connectivity index (χ0v) is 10.1. The van der Waals surface area contributed by atoms with Crippen molar-refractivity contribution in [3.8, 4) is 0 Å². The van der Waals surface area contributed by atoms with Gasteiger partial charge in [-0.15, -0.1) is 0 Å². The van der Waals surface area contributed by atoms with E-state index < -0.39 is 0 Å². The molecular formula is C13H19NO2. The van der Waals surface area contributed by atoms with Gasteiger partial charge in [-0.2, -0.15) is 0 Å². The maximum absolute atomic E-state index is 11.9. The molecule has 0 amide bonds. The van der Waals surface area contributed by atoms with Crippen LogP contribution in [-0.2, 0) is 0 Å². The Balaban J connectivity index is 2.66. The first-order valence-electron chi connectivity index (χ1n) is 5.38. The number of aliphatic hydroxyl groups is 1. The minimum absolute atomic E-state index is 0.0333. The number of hydrogen-bond acceptors (Lipinski definition) is 3. The molecule has 0 aliphatic carbocycles. The fraction of sp³-hybridized carbons (Fsp3) is 0.462. The number of carbonyl (C=O) groups excluding carboxylic acids is 1. The van der Waals surface area contributed by atoms with Crippen molar-refractivity contribution in [2.45, 2.75) is 19.4 Å². The van der Waals surface area contributed by atoms with E-state index >= 15 is 0 Å². The number of aliphatic hydroxyl groups excluding tert-OH is 1. The summed E-state index contributed by atoms with van der Waals surface area (Å²) in [5.74, 6) is 0.0737. The van der Waals surface area contributed by atoms with Crippen molar-refractivity contribution in [2.75, 3.05) is 20.2 Å². The molecule has 3 nitrogen and oxygen atoms in total. The summed E-state index contributed by atoms with van der Waals surface area (Å²) in [7, 11) is 1.84. The lowest BCUT2D eigenvalue weighted by Crippen LogP contribution is -2.46. The van der Waals surface area contributed by atoms with E-state index in [1.54, 1.807) is 0 Å². The van der Waals surface area contributed by atoms with Gasteiger partial charge in [-0.1, -0.05) is 30.3 Å². The number of Topliss-reactive ketones (excluding diaryl/α,β-unsaturated/α-hetero) is 1. The summed E-state index contributed by atoms with van der Waals surface area (Å²) in [5.41, 5.74) is 0.341. The van der Waals surface area contributed by atoms with Crippen LogP contribution in [0.5, 0.6) is 0 Å². The molecule has 0 bridgehead atoms. The zero-order valence-electron chi connectivity index (χ0n) is 10.1. The average molecular weight is 221 g/mol. The molecule has 0 saturated heterocycles. The van der Waals surface area contributed by atoms with Crippen molar-refractivity contribution in [3.63, 3.8) is 0 Å². The van der Waals surface area contributed by atoms with E-state index in [-0.39, 0.29) is 17.9 Å². The number of carbonyl (C=O) groups is 1. The summed E-state index contributed by atoms with van der Waals surface area (Å²) in [6, 6.07) is 9.21. The first kappa shape index (κ1) is 12.9. The Morgan fingerprint density at radius 3 is 2.38 bits per heavy atom. The maximum Gasteiger partial charge on any atom is 0.176 e. The summed E-state index contributed by atoms with van der Waals surface area (Å²) in [4.78, 5) is 13.8. The minimum Gasteiger partial charge on any atom is -0.394 e. The molecule has 0 aliphatic heterocycles. The second-order valence-electron chi connectivity index (χ2n) is 4.62. The number of rotatable bonds is 5. The van der Waals surface area contributed by atoms with Crippen molar-refractivity contribution >= 4 is 5.78 Å². The highest BCUT2D eigenvalue weighted by Crippen LogP contribution is 2.12. The minimum atomic E-state index is -0.371. The van der Waals surface area contributed by atoms with Gasteiger partial charge in [0.2, 0.25) is 0 Å². The third kappa shape index (κ3) is 3.15. The monoisotopic (exact) mass is 221 g/mol. The van der Waals surface area contributed by atoms with Crippen LogP contribution in [0.3, 0.4) is 0 Å². The molecular weight excluding hydrogens is 202 g/mol. The van der Waals surface area contributed by atoms with Crippen molar-refractivity contribution < 1.29 is 9.90 Å². The summed E-state index contributed by atoms with van der Waals surface area (Å²) in [6.07, 6.45) is 0. The van der Waals surface area contributed by atoms with E-state index in [0.29, 0.717) is 12.1 Å². The topological polar surface area (TPSA) is 40.5 Å². The van der Waals surface area contributed by atoms with E-state index in [2.05, 4.69) is 0 Å². The Bertz CT molecular complexity index is 346. The van der Waals surface area contributed by atoms with E-state index in [4.69, 9.17) is 0 Å². The molecule has 16 heavy (non-hydrogen) atoms. The van der Waals surface area contributed by atoms with Gasteiger partial charge in [0.15, 0.2) is 5.78 Å². The van der Waals surface area contributed by atoms with Crippen molar-refractivity contribution in [2.24, 2.45) is 0 Å². The molecule has 0 saturated carbocycles. The standard InChI is InChI=1S/C13H19NO2/c1-13(2,10-15)14(3)9-12(16)11-7-5-4-6-8-11/h4-8,15H,9-10H2,1-3H3. The quantitative estimate of drug-likeness (QED) is 0.767. The fourth-order valence-corrected chi connectivity index (χ4v) is 1.27. The predicted octanol–water partition coefficient (Wildman–Crippen LogP) is 1.57. The lowest BCUT2D eigenvalue weighted by atomic mass is 10.0. The zero-order chi connectivity index (χ0) is 12.2. The summed E-state index contributed by atoms with van der Waals surface area (Å²) < 4.78 is 0. The van der Waals surface area contributed by atoms with E-state index in [9.17, 15) is 9.90 Å². The van der Waals surface area contributed by atoms with Crippen LogP contribution >= 0.6 is 0 Å². The molecule has 88 valence electrons. The first-order valence-corrected chi connectivity index (χ1v) is 5.38. The van der Waals surface area contributed by atoms with Gasteiger partial charge in [0.25, 0.3) is 0 Å². The highest BCUT2D eigenvalue weighted by atomic mass is 16.3. The average Bonchev–Trinajstić information content (AvgIpc) is 2.30. The molecule has 3 heteroatoms. The molecule has 0 heterocycles. The second-order valence-corrected chi connectivity index (χ2v) is 4.62. The Labute approximate surface area is 96.7 Å². The Morgan fingerprint density at radius 2 is 1.88 bits per heavy atom. The highest BCUT2D eigenvalue weighted by Gasteiger charge is 2.24. The van der Waals surface area contributed by atoms with Gasteiger partial charge < -0.3 is 5.11 Å². The number of benzene rings is 1. The molecule has 0 fully saturated rings. The molecule has 0 radical (unpaired) electrons. The third-order valence-electron chi connectivity index (χ3n) is 2.90. The fourth-order valence-electron chi connectivity index (χ4n) is 1.27. The van der Waals surface area contributed by atoms with Crippen LogP contribution in [0, 0.1) is 0 Å². The lowest BCUT2D eigenvalue weighted by Gasteiger charge is -2.33. The smallest absolute Gasteiger partial charge is 0.176 e. The number of likely N-dealkylation sites (N-methyl/N-ethyl adjacent to an activating group) is 1. The second kappa shape index (κ2) is 5.23. The van der Waals surface area contributed by atoms with Crippen LogP contribution in [0.1, 0.15) is 24.2 Å². The Morgan fingerprint density at radius 1 is 1.31 bits per heavy atom. The van der Waals surface area contributed by atoms with Gasteiger partial charge in [-0.3, -0.25) is 9.69 Å². The summed E-state index contributed by atoms with van der Waals surface area (Å²) >= 11 is 0. The van der Waals surface area contributed by atoms with E-state index in [1.807, 2.05) is 56.1 Å². The predicted molar refractivity (Wildman–Crippen MR) is 64.6 cm³/mol. The van der Waals surface area contributed by atoms with Gasteiger partial charge in [-0.25, -0.2) is 0 Å². The van der Waals surface area contributed by atoms with Gasteiger partial charge in [0.05, 0.1) is 13.2 Å². The van der Waals surface area contributed by atoms with Crippen LogP contribution in [0.15, 0.2) is 30.3 Å². The largest absolute Gasteiger partial charge is 0.394 e. The molecule has 0 aliphatic rings. The first-order chi connectivity index (χ1) is 7.47. The van der Waals surface area contributed by atoms with Crippen LogP contribution in [0.25, 0.3) is 0 Å². The molecule has 1 aromatic carbocycles. The lowest BCUT2D eigenvalue weighted by molar-refractivity contribution is 0.0659. The van der Waals surface area contributed by atoms with Crippen LogP contribution in [0.4, 0.5) is 0 Å². The molecule has 1 aromatic rings. The third-order valence-corrected chi connectivity index (χ3v) is 2.90. The van der Waals surface area contributed by atoms with Gasteiger partial charge in [-0.05, 0) is 20.9 Å². The van der Waals surface area contributed by atoms with Crippen molar-refractivity contribution in [1.82, 2.24) is 4.90 Å². The van der Waals surface area contributed by atoms with Crippen LogP contribution < -0.4 is 0 Å². The number of ketones is 1. The number of hydrogen-bond donors (Lipinski definition) is 1. The number of nitrogens with zero attached hydrogens (tertiary/aromatic N) is 1. The Hall–Kier alpha value is -1.19. The van der Waals surface area contributed by atoms with Crippen LogP contribution in [-0.4, -0.2) is 41.5 Å². The summed E-state index contributed by atoms with van der Waals surface area (Å²) in [5, 5.41) is 9.19. The van der Waals surface area contributed by atoms with Crippen LogP contribution in [0.2, 0.25) is 0 Å². The van der Waals surface area contributed by atoms with Crippen molar-refractivity contribution in [3.05, 3.63) is 35.9 Å². The van der Waals surface area contributed by atoms with Gasteiger partial charge >= 0.3 is 0 Å². The molecule has 0 unspecified atom stereocenters. The van der Waals surface area contributed by atoms with E-state index in [0.717, 1.165) is 0 Å². The molecule has 0 atom stereocenters. The Kier molecular flexibility index (Phi) is 4.21. The molecule has 1 rings (SSSR count). The summed E-state index contributed by atoms with van der Waals surface area (Å²) in [6.45, 7) is 4.17. The van der Waals surface area contributed by atoms with E-state index in [1.165, 1.54) is 0 Å². The molecule has 0 aromatic heterocycles. The van der Waals surface area contributed by atoms with Gasteiger partial charge in [0.1, 0.15) is 0 Å².